The van der Waals surface area contributed by atoms with Gasteiger partial charge in [0.25, 0.3) is 5.91 Å². The summed E-state index contributed by atoms with van der Waals surface area (Å²) in [6.45, 7) is 0.260. The summed E-state index contributed by atoms with van der Waals surface area (Å²) in [5.74, 6) is -0.680. The molecule has 5 rings (SSSR count). The van der Waals surface area contributed by atoms with Gasteiger partial charge in [-0.3, -0.25) is 19.4 Å². The van der Waals surface area contributed by atoms with Crippen molar-refractivity contribution in [3.63, 3.8) is 0 Å². The van der Waals surface area contributed by atoms with Gasteiger partial charge in [-0.1, -0.05) is 53.7 Å². The first-order valence-corrected chi connectivity index (χ1v) is 13.5. The third-order valence-corrected chi connectivity index (χ3v) is 7.21. The number of anilines is 1. The topological polar surface area (TPSA) is 103 Å². The second-order valence-electron chi connectivity index (χ2n) is 8.84. The number of amidine groups is 2. The average Bonchev–Trinajstić information content (AvgIpc) is 3.26. The van der Waals surface area contributed by atoms with E-state index in [9.17, 15) is 18.8 Å². The second kappa shape index (κ2) is 11.8. The van der Waals surface area contributed by atoms with E-state index < -0.39 is 6.04 Å². The second-order valence-corrected chi connectivity index (χ2v) is 10.2. The van der Waals surface area contributed by atoms with Crippen molar-refractivity contribution in [3.05, 3.63) is 94.8 Å². The summed E-state index contributed by atoms with van der Waals surface area (Å²) in [6.07, 6.45) is 0.301. The minimum absolute atomic E-state index is 0.0149. The Labute approximate surface area is 233 Å². The molecule has 0 saturated heterocycles. The molecule has 11 heteroatoms. The molecule has 2 aliphatic heterocycles. The van der Waals surface area contributed by atoms with Crippen LogP contribution in [0.15, 0.2) is 82.8 Å². The molecule has 2 N–H and O–H groups in total. The standard InChI is InChI=1S/C28H23ClFN5O3S/c29-18-4-3-5-20(14-18)32-25(37)16-39-28-34-22-7-2-1-6-21(22)26-33-23(27(38)35(26)28)12-13-24(36)31-15-17-8-10-19(30)11-9-17/h1-11,14,23H,12-13,15-16H2,(H,31,36)(H,32,37)/t23-/m1/s1. The van der Waals surface area contributed by atoms with Crippen LogP contribution in [-0.2, 0) is 20.9 Å². The minimum Gasteiger partial charge on any atom is -0.352 e. The zero-order valence-electron chi connectivity index (χ0n) is 20.6. The highest BCUT2D eigenvalue weighted by Gasteiger charge is 2.41. The summed E-state index contributed by atoms with van der Waals surface area (Å²) in [7, 11) is 0. The number of nitrogens with zero attached hydrogens (tertiary/aromatic N) is 3. The highest BCUT2D eigenvalue weighted by Crippen LogP contribution is 2.34. The summed E-state index contributed by atoms with van der Waals surface area (Å²) < 4.78 is 13.1. The van der Waals surface area contributed by atoms with Crippen LogP contribution in [0.3, 0.4) is 0 Å². The largest absolute Gasteiger partial charge is 0.352 e. The fourth-order valence-electron chi connectivity index (χ4n) is 4.14. The SMILES string of the molecule is O=C(CC[C@H]1N=C2c3ccccc3N=C(SCC(=O)Nc3cccc(Cl)c3)N2C1=O)NCc1ccc(F)cc1. The maximum atomic E-state index is 13.4. The van der Waals surface area contributed by atoms with Gasteiger partial charge in [0.1, 0.15) is 17.7 Å². The molecule has 1 atom stereocenters. The molecule has 39 heavy (non-hydrogen) atoms. The first kappa shape index (κ1) is 26.6. The summed E-state index contributed by atoms with van der Waals surface area (Å²) in [5.41, 5.74) is 2.70. The number of amides is 3. The van der Waals surface area contributed by atoms with Crippen LogP contribution in [0.5, 0.6) is 0 Å². The Morgan fingerprint density at radius 1 is 1.03 bits per heavy atom. The van der Waals surface area contributed by atoms with Gasteiger partial charge >= 0.3 is 0 Å². The van der Waals surface area contributed by atoms with Crippen molar-refractivity contribution in [3.8, 4) is 0 Å². The van der Waals surface area contributed by atoms with Gasteiger partial charge in [0, 0.05) is 29.2 Å². The van der Waals surface area contributed by atoms with E-state index in [-0.39, 0.29) is 48.7 Å². The number of para-hydroxylation sites is 1. The Hall–Kier alpha value is -4.02. The normalized spacial score (nSPS) is 15.7. The number of thioether (sulfide) groups is 1. The van der Waals surface area contributed by atoms with Crippen LogP contribution < -0.4 is 10.6 Å². The van der Waals surface area contributed by atoms with E-state index in [1.54, 1.807) is 36.4 Å². The van der Waals surface area contributed by atoms with E-state index in [4.69, 9.17) is 11.6 Å². The quantitative estimate of drug-likeness (QED) is 0.406. The van der Waals surface area contributed by atoms with Crippen LogP contribution in [0, 0.1) is 5.82 Å². The van der Waals surface area contributed by atoms with E-state index >= 15 is 0 Å². The van der Waals surface area contributed by atoms with E-state index in [1.165, 1.54) is 17.0 Å². The molecule has 0 bridgehead atoms. The van der Waals surface area contributed by atoms with Crippen LogP contribution in [-0.4, -0.2) is 45.4 Å². The third-order valence-electron chi connectivity index (χ3n) is 6.04. The van der Waals surface area contributed by atoms with Crippen LogP contribution in [0.25, 0.3) is 0 Å². The molecule has 3 aromatic rings. The molecule has 0 unspecified atom stereocenters. The van der Waals surface area contributed by atoms with Gasteiger partial charge in [-0.25, -0.2) is 14.3 Å². The number of hydrogen-bond donors (Lipinski definition) is 2. The van der Waals surface area contributed by atoms with Crippen LogP contribution in [0.2, 0.25) is 5.02 Å². The van der Waals surface area contributed by atoms with Gasteiger partial charge in [0.2, 0.25) is 11.8 Å². The Morgan fingerprint density at radius 2 is 1.82 bits per heavy atom. The molecule has 0 aliphatic carbocycles. The minimum atomic E-state index is -0.756. The lowest BCUT2D eigenvalue weighted by atomic mass is 10.1. The zero-order valence-corrected chi connectivity index (χ0v) is 22.1. The van der Waals surface area contributed by atoms with Crippen molar-refractivity contribution >= 4 is 63.5 Å². The van der Waals surface area contributed by atoms with Crippen LogP contribution in [0.4, 0.5) is 15.8 Å². The number of aliphatic imine (C=N–C) groups is 2. The molecular formula is C28H23ClFN5O3S. The van der Waals surface area contributed by atoms with Crippen LogP contribution in [0.1, 0.15) is 24.0 Å². The third kappa shape index (κ3) is 6.35. The molecule has 0 aromatic heterocycles. The molecule has 3 aromatic carbocycles. The number of rotatable bonds is 8. The number of halogens is 2. The summed E-state index contributed by atoms with van der Waals surface area (Å²) in [5, 5.41) is 6.43. The number of benzene rings is 3. The molecule has 0 spiro atoms. The monoisotopic (exact) mass is 563 g/mol. The lowest BCUT2D eigenvalue weighted by Crippen LogP contribution is -2.41. The molecule has 0 saturated carbocycles. The summed E-state index contributed by atoms with van der Waals surface area (Å²) >= 11 is 7.12. The first-order valence-electron chi connectivity index (χ1n) is 12.2. The van der Waals surface area contributed by atoms with E-state index in [0.717, 1.165) is 17.3 Å². The molecular weight excluding hydrogens is 541 g/mol. The molecule has 3 amide bonds. The van der Waals surface area contributed by atoms with Gasteiger partial charge < -0.3 is 10.6 Å². The molecule has 8 nitrogen and oxygen atoms in total. The van der Waals surface area contributed by atoms with Gasteiger partial charge in [0.05, 0.1) is 11.4 Å². The van der Waals surface area contributed by atoms with Crippen molar-refractivity contribution in [1.29, 1.82) is 0 Å². The molecule has 0 fully saturated rings. The molecule has 198 valence electrons. The maximum Gasteiger partial charge on any atom is 0.259 e. The Bertz CT molecular complexity index is 1490. The van der Waals surface area contributed by atoms with Gasteiger partial charge in [-0.05, 0) is 54.4 Å². The average molecular weight is 564 g/mol. The highest BCUT2D eigenvalue weighted by atomic mass is 35.5. The van der Waals surface area contributed by atoms with E-state index in [1.807, 2.05) is 24.3 Å². The lowest BCUT2D eigenvalue weighted by molar-refractivity contribution is -0.125. The smallest absolute Gasteiger partial charge is 0.259 e. The summed E-state index contributed by atoms with van der Waals surface area (Å²) in [4.78, 5) is 49.1. The van der Waals surface area contributed by atoms with Crippen molar-refractivity contribution in [1.82, 2.24) is 10.2 Å². The van der Waals surface area contributed by atoms with E-state index in [2.05, 4.69) is 20.6 Å². The predicted octanol–water partition coefficient (Wildman–Crippen LogP) is 4.91. The summed E-state index contributed by atoms with van der Waals surface area (Å²) in [6, 6.07) is 19.3. The number of carbonyl (C=O) groups excluding carboxylic acids is 3. The van der Waals surface area contributed by atoms with Crippen molar-refractivity contribution in [2.24, 2.45) is 9.98 Å². The van der Waals surface area contributed by atoms with Gasteiger partial charge in [0.15, 0.2) is 5.17 Å². The molecule has 0 radical (unpaired) electrons. The van der Waals surface area contributed by atoms with Crippen molar-refractivity contribution < 1.29 is 18.8 Å². The Morgan fingerprint density at radius 3 is 2.62 bits per heavy atom. The van der Waals surface area contributed by atoms with Crippen molar-refractivity contribution in [2.45, 2.75) is 25.4 Å². The maximum absolute atomic E-state index is 13.4. The number of nitrogens with one attached hydrogen (secondary N) is 2. The van der Waals surface area contributed by atoms with Gasteiger partial charge in [-0.15, -0.1) is 0 Å². The Kier molecular flexibility index (Phi) is 8.04. The Balaban J connectivity index is 1.23. The fourth-order valence-corrected chi connectivity index (χ4v) is 5.13. The number of fused-ring (bicyclic) bond motifs is 3. The van der Waals surface area contributed by atoms with Crippen molar-refractivity contribution in [2.75, 3.05) is 11.1 Å². The van der Waals surface area contributed by atoms with E-state index in [0.29, 0.717) is 33.0 Å². The lowest BCUT2D eigenvalue weighted by Gasteiger charge is -2.25. The predicted molar refractivity (Wildman–Crippen MR) is 151 cm³/mol. The van der Waals surface area contributed by atoms with Gasteiger partial charge in [-0.2, -0.15) is 0 Å². The molecule has 2 aliphatic rings. The highest BCUT2D eigenvalue weighted by molar-refractivity contribution is 8.14. The fraction of sp³-hybridized carbons (Fsp3) is 0.179. The molecule has 2 heterocycles. The van der Waals surface area contributed by atoms with Crippen LogP contribution >= 0.6 is 23.4 Å². The first-order chi connectivity index (χ1) is 18.9. The zero-order chi connectivity index (χ0) is 27.4. The number of carbonyl (C=O) groups is 3. The number of hydrogen-bond acceptors (Lipinski definition) is 6.